The van der Waals surface area contributed by atoms with Gasteiger partial charge in [0.25, 0.3) is 0 Å². The lowest BCUT2D eigenvalue weighted by Gasteiger charge is -2.18. The minimum Gasteiger partial charge on any atom is -0.490 e. The molecule has 112 valence electrons. The summed E-state index contributed by atoms with van der Waals surface area (Å²) < 4.78 is 11.2. The number of ether oxygens (including phenoxy) is 2. The van der Waals surface area contributed by atoms with Gasteiger partial charge in [0.2, 0.25) is 0 Å². The summed E-state index contributed by atoms with van der Waals surface area (Å²) in [6, 6.07) is 16.6. The zero-order valence-electron chi connectivity index (χ0n) is 12.9. The van der Waals surface area contributed by atoms with Crippen molar-refractivity contribution in [2.45, 2.75) is 26.8 Å². The van der Waals surface area contributed by atoms with Gasteiger partial charge in [0, 0.05) is 17.8 Å². The molecule has 1 unspecified atom stereocenters. The van der Waals surface area contributed by atoms with Gasteiger partial charge < -0.3 is 14.8 Å². The Morgan fingerprint density at radius 1 is 0.905 bits per heavy atom. The van der Waals surface area contributed by atoms with E-state index >= 15 is 0 Å². The van der Waals surface area contributed by atoms with Gasteiger partial charge in [-0.3, -0.25) is 0 Å². The molecule has 3 heteroatoms. The molecule has 2 aromatic carbocycles. The first kappa shape index (κ1) is 15.2. The second-order valence-electron chi connectivity index (χ2n) is 4.80. The van der Waals surface area contributed by atoms with Crippen molar-refractivity contribution < 1.29 is 9.47 Å². The fourth-order valence-corrected chi connectivity index (χ4v) is 2.22. The quantitative estimate of drug-likeness (QED) is 0.802. The summed E-state index contributed by atoms with van der Waals surface area (Å²) in [7, 11) is 0. The normalized spacial score (nSPS) is 11.8. The molecule has 0 aliphatic rings. The highest BCUT2D eigenvalue weighted by Gasteiger charge is 2.09. The topological polar surface area (TPSA) is 30.5 Å². The average molecular weight is 285 g/mol. The third kappa shape index (κ3) is 4.15. The van der Waals surface area contributed by atoms with Crippen molar-refractivity contribution in [2.75, 3.05) is 18.5 Å². The van der Waals surface area contributed by atoms with E-state index in [9.17, 15) is 0 Å². The third-order valence-corrected chi connectivity index (χ3v) is 3.23. The first-order valence-electron chi connectivity index (χ1n) is 7.45. The molecule has 0 aromatic heterocycles. The van der Waals surface area contributed by atoms with Gasteiger partial charge >= 0.3 is 0 Å². The summed E-state index contributed by atoms with van der Waals surface area (Å²) in [5.74, 6) is 1.57. The van der Waals surface area contributed by atoms with E-state index in [0.717, 1.165) is 17.2 Å². The average Bonchev–Trinajstić information content (AvgIpc) is 2.51. The molecule has 0 bridgehead atoms. The summed E-state index contributed by atoms with van der Waals surface area (Å²) in [6.07, 6.45) is 0. The molecule has 0 radical (unpaired) electrons. The van der Waals surface area contributed by atoms with Crippen molar-refractivity contribution >= 4 is 5.69 Å². The Morgan fingerprint density at radius 3 is 2.24 bits per heavy atom. The number of hydrogen-bond donors (Lipinski definition) is 1. The lowest BCUT2D eigenvalue weighted by atomic mass is 10.1. The molecule has 0 aliphatic heterocycles. The Morgan fingerprint density at radius 2 is 1.57 bits per heavy atom. The molecule has 0 amide bonds. The molecule has 3 nitrogen and oxygen atoms in total. The van der Waals surface area contributed by atoms with Crippen LogP contribution in [0.5, 0.6) is 11.5 Å². The van der Waals surface area contributed by atoms with Crippen LogP contribution in [0, 0.1) is 0 Å². The number of nitrogens with one attached hydrogen (secondary N) is 1. The standard InChI is InChI=1S/C18H23NO2/c1-4-20-17-12-11-16(13-18(17)21-5-2)19-14(3)15-9-7-6-8-10-15/h6-14,19H,4-5H2,1-3H3. The largest absolute Gasteiger partial charge is 0.490 e. The number of hydrogen-bond acceptors (Lipinski definition) is 3. The first-order chi connectivity index (χ1) is 10.2. The Balaban J connectivity index is 2.14. The molecule has 0 saturated heterocycles. The molecule has 0 saturated carbocycles. The smallest absolute Gasteiger partial charge is 0.163 e. The summed E-state index contributed by atoms with van der Waals surface area (Å²) >= 11 is 0. The van der Waals surface area contributed by atoms with Gasteiger partial charge in [0.15, 0.2) is 11.5 Å². The number of rotatable bonds is 7. The molecular weight excluding hydrogens is 262 g/mol. The van der Waals surface area contributed by atoms with Crippen LogP contribution in [0.4, 0.5) is 5.69 Å². The third-order valence-electron chi connectivity index (χ3n) is 3.23. The van der Waals surface area contributed by atoms with Crippen molar-refractivity contribution in [2.24, 2.45) is 0 Å². The maximum atomic E-state index is 5.65. The summed E-state index contributed by atoms with van der Waals surface area (Å²) in [6.45, 7) is 7.35. The highest BCUT2D eigenvalue weighted by molar-refractivity contribution is 5.55. The van der Waals surface area contributed by atoms with E-state index in [4.69, 9.17) is 9.47 Å². The summed E-state index contributed by atoms with van der Waals surface area (Å²) in [5, 5.41) is 3.49. The van der Waals surface area contributed by atoms with Gasteiger partial charge in [-0.05, 0) is 38.5 Å². The van der Waals surface area contributed by atoms with E-state index in [2.05, 4.69) is 36.5 Å². The van der Waals surface area contributed by atoms with Crippen molar-refractivity contribution in [1.82, 2.24) is 0 Å². The molecule has 21 heavy (non-hydrogen) atoms. The predicted molar refractivity (Wildman–Crippen MR) is 87.3 cm³/mol. The molecule has 1 atom stereocenters. The molecule has 2 rings (SSSR count). The van der Waals surface area contributed by atoms with Gasteiger partial charge in [0.1, 0.15) is 0 Å². The zero-order chi connectivity index (χ0) is 15.1. The Labute approximate surface area is 126 Å². The Kier molecular flexibility index (Phi) is 5.50. The molecule has 0 fully saturated rings. The Hall–Kier alpha value is -2.16. The van der Waals surface area contributed by atoms with E-state index in [1.54, 1.807) is 0 Å². The van der Waals surface area contributed by atoms with Gasteiger partial charge in [-0.2, -0.15) is 0 Å². The van der Waals surface area contributed by atoms with Crippen LogP contribution >= 0.6 is 0 Å². The van der Waals surface area contributed by atoms with Crippen molar-refractivity contribution in [3.8, 4) is 11.5 Å². The maximum absolute atomic E-state index is 5.65. The van der Waals surface area contributed by atoms with Crippen LogP contribution in [-0.4, -0.2) is 13.2 Å². The fourth-order valence-electron chi connectivity index (χ4n) is 2.22. The minimum atomic E-state index is 0.235. The van der Waals surface area contributed by atoms with Crippen LogP contribution in [0.25, 0.3) is 0 Å². The molecule has 0 spiro atoms. The van der Waals surface area contributed by atoms with E-state index < -0.39 is 0 Å². The van der Waals surface area contributed by atoms with Crippen molar-refractivity contribution in [3.05, 3.63) is 54.1 Å². The zero-order valence-corrected chi connectivity index (χ0v) is 12.9. The lowest BCUT2D eigenvalue weighted by Crippen LogP contribution is -2.07. The molecular formula is C18H23NO2. The lowest BCUT2D eigenvalue weighted by molar-refractivity contribution is 0.288. The fraction of sp³-hybridized carbons (Fsp3) is 0.333. The summed E-state index contributed by atoms with van der Waals surface area (Å²) in [5.41, 5.74) is 2.28. The monoisotopic (exact) mass is 285 g/mol. The minimum absolute atomic E-state index is 0.235. The van der Waals surface area contributed by atoms with Crippen molar-refractivity contribution in [1.29, 1.82) is 0 Å². The van der Waals surface area contributed by atoms with Crippen LogP contribution in [0.3, 0.4) is 0 Å². The molecule has 1 N–H and O–H groups in total. The number of anilines is 1. The predicted octanol–water partition coefficient (Wildman–Crippen LogP) is 4.66. The van der Waals surface area contributed by atoms with E-state index in [0.29, 0.717) is 13.2 Å². The maximum Gasteiger partial charge on any atom is 0.163 e. The van der Waals surface area contributed by atoms with Gasteiger partial charge in [-0.1, -0.05) is 30.3 Å². The van der Waals surface area contributed by atoms with Crippen LogP contribution < -0.4 is 14.8 Å². The van der Waals surface area contributed by atoms with Crippen LogP contribution in [0.2, 0.25) is 0 Å². The SMILES string of the molecule is CCOc1ccc(NC(C)c2ccccc2)cc1OCC. The number of benzene rings is 2. The van der Waals surface area contributed by atoms with Crippen LogP contribution in [0.1, 0.15) is 32.4 Å². The second kappa shape index (κ2) is 7.58. The highest BCUT2D eigenvalue weighted by atomic mass is 16.5. The van der Waals surface area contributed by atoms with E-state index in [-0.39, 0.29) is 6.04 Å². The van der Waals surface area contributed by atoms with Gasteiger partial charge in [-0.25, -0.2) is 0 Å². The molecule has 0 heterocycles. The first-order valence-corrected chi connectivity index (χ1v) is 7.45. The van der Waals surface area contributed by atoms with E-state index in [1.165, 1.54) is 5.56 Å². The molecule has 0 aliphatic carbocycles. The van der Waals surface area contributed by atoms with Crippen LogP contribution in [-0.2, 0) is 0 Å². The highest BCUT2D eigenvalue weighted by Crippen LogP contribution is 2.32. The van der Waals surface area contributed by atoms with Crippen molar-refractivity contribution in [3.63, 3.8) is 0 Å². The van der Waals surface area contributed by atoms with Gasteiger partial charge in [0.05, 0.1) is 13.2 Å². The summed E-state index contributed by atoms with van der Waals surface area (Å²) in [4.78, 5) is 0. The van der Waals surface area contributed by atoms with Gasteiger partial charge in [-0.15, -0.1) is 0 Å². The van der Waals surface area contributed by atoms with E-state index in [1.807, 2.05) is 38.1 Å². The Bertz CT molecular complexity index is 554. The molecule has 2 aromatic rings. The second-order valence-corrected chi connectivity index (χ2v) is 4.80. The van der Waals surface area contributed by atoms with Crippen LogP contribution in [0.15, 0.2) is 48.5 Å².